The highest BCUT2D eigenvalue weighted by molar-refractivity contribution is 8.08. The van der Waals surface area contributed by atoms with E-state index >= 15 is 0 Å². The lowest BCUT2D eigenvalue weighted by molar-refractivity contribution is 0.575. The van der Waals surface area contributed by atoms with Gasteiger partial charge >= 0.3 is 0 Å². The Labute approximate surface area is 113 Å². The van der Waals surface area contributed by atoms with Gasteiger partial charge in [-0.15, -0.1) is 0 Å². The average molecular weight is 304 g/mol. The molecule has 1 unspecified atom stereocenters. The molecule has 6 nitrogen and oxygen atoms in total. The predicted octanol–water partition coefficient (Wildman–Crippen LogP) is -0.292. The van der Waals surface area contributed by atoms with Gasteiger partial charge in [0.1, 0.15) is 0 Å². The highest BCUT2D eigenvalue weighted by Crippen LogP contribution is 2.29. The van der Waals surface area contributed by atoms with Crippen LogP contribution in [0.5, 0.6) is 0 Å². The first kappa shape index (κ1) is 14.3. The van der Waals surface area contributed by atoms with E-state index in [9.17, 15) is 16.8 Å². The topological polar surface area (TPSA) is 97.5 Å². The maximum Gasteiger partial charge on any atom is 0.249 e. The van der Waals surface area contributed by atoms with Crippen LogP contribution >= 0.6 is 0 Å². The van der Waals surface area contributed by atoms with Gasteiger partial charge in [-0.25, -0.2) is 16.8 Å². The maximum atomic E-state index is 12.2. The van der Waals surface area contributed by atoms with Crippen LogP contribution in [0.1, 0.15) is 5.56 Å². The van der Waals surface area contributed by atoms with Crippen molar-refractivity contribution in [3.05, 3.63) is 29.8 Å². The minimum atomic E-state index is -3.92. The minimum Gasteiger partial charge on any atom is -0.326 e. The van der Waals surface area contributed by atoms with Crippen LogP contribution < -0.4 is 10.0 Å². The highest BCUT2D eigenvalue weighted by Gasteiger charge is 2.32. The molecule has 106 valence electrons. The summed E-state index contributed by atoms with van der Waals surface area (Å²) in [5.41, 5.74) is 7.18. The van der Waals surface area contributed by atoms with E-state index in [2.05, 4.69) is 0 Å². The summed E-state index contributed by atoms with van der Waals surface area (Å²) in [6.07, 6.45) is 1.49. The van der Waals surface area contributed by atoms with Gasteiger partial charge in [0.2, 0.25) is 10.0 Å². The summed E-state index contributed by atoms with van der Waals surface area (Å²) in [4.78, 5) is 0. The molecule has 1 atom stereocenters. The second-order valence-corrected chi connectivity index (χ2v) is 9.18. The molecule has 0 saturated heterocycles. The van der Waals surface area contributed by atoms with Crippen LogP contribution in [0.15, 0.2) is 24.3 Å². The molecule has 8 heteroatoms. The lowest BCUT2D eigenvalue weighted by Crippen LogP contribution is -2.47. The van der Waals surface area contributed by atoms with E-state index in [1.807, 2.05) is 0 Å². The number of nitrogens with zero attached hydrogens (tertiary/aromatic N) is 1. The molecule has 19 heavy (non-hydrogen) atoms. The van der Waals surface area contributed by atoms with Crippen LogP contribution in [-0.2, 0) is 26.3 Å². The van der Waals surface area contributed by atoms with Crippen LogP contribution in [0.3, 0.4) is 0 Å². The number of hydrogen-bond donors (Lipinski definition) is 1. The second-order valence-electron chi connectivity index (χ2n) is 4.78. The third kappa shape index (κ3) is 3.26. The SMILES string of the molecule is CS(=O)(=O)CS(=O)(=O)N1CC(N)Cc2ccccc21. The Balaban J connectivity index is 2.46. The lowest BCUT2D eigenvalue weighted by Gasteiger charge is -2.33. The Bertz CT molecular complexity index is 682. The third-order valence-electron chi connectivity index (χ3n) is 2.84. The normalized spacial score (nSPS) is 20.1. The molecular weight excluding hydrogens is 288 g/mol. The first-order valence-corrected chi connectivity index (χ1v) is 9.38. The summed E-state index contributed by atoms with van der Waals surface area (Å²) in [7, 11) is -7.54. The van der Waals surface area contributed by atoms with Gasteiger partial charge < -0.3 is 5.73 Å². The molecule has 1 aromatic carbocycles. The first-order chi connectivity index (χ1) is 8.69. The number of anilines is 1. The molecular formula is C11H16N2O4S2. The molecule has 1 heterocycles. The molecule has 0 aromatic heterocycles. The van der Waals surface area contributed by atoms with Crippen LogP contribution in [0.4, 0.5) is 5.69 Å². The highest BCUT2D eigenvalue weighted by atomic mass is 32.3. The fourth-order valence-corrected chi connectivity index (χ4v) is 5.75. The Hall–Kier alpha value is -1.12. The van der Waals surface area contributed by atoms with Crippen molar-refractivity contribution in [2.75, 3.05) is 22.2 Å². The summed E-state index contributed by atoms with van der Waals surface area (Å²) in [5, 5.41) is -0.902. The summed E-state index contributed by atoms with van der Waals surface area (Å²) in [6, 6.07) is 6.67. The fraction of sp³-hybridized carbons (Fsp3) is 0.455. The van der Waals surface area contributed by atoms with E-state index in [0.29, 0.717) is 12.1 Å². The number of rotatable bonds is 3. The van der Waals surface area contributed by atoms with Gasteiger partial charge in [-0.3, -0.25) is 4.31 Å². The molecule has 1 aliphatic rings. The number of sulfonamides is 1. The van der Waals surface area contributed by atoms with Gasteiger partial charge in [-0.1, -0.05) is 18.2 Å². The van der Waals surface area contributed by atoms with Gasteiger partial charge in [0.15, 0.2) is 14.9 Å². The van der Waals surface area contributed by atoms with Crippen LogP contribution in [0, 0.1) is 0 Å². The monoisotopic (exact) mass is 304 g/mol. The first-order valence-electron chi connectivity index (χ1n) is 5.71. The van der Waals surface area contributed by atoms with Crippen molar-refractivity contribution in [2.24, 2.45) is 5.73 Å². The van der Waals surface area contributed by atoms with E-state index in [4.69, 9.17) is 5.73 Å². The number of sulfone groups is 1. The summed E-state index contributed by atoms with van der Waals surface area (Å²) in [6.45, 7) is 0.106. The number of para-hydroxylation sites is 1. The Morgan fingerprint density at radius 3 is 2.53 bits per heavy atom. The molecule has 0 amide bonds. The number of hydrogen-bond acceptors (Lipinski definition) is 5. The van der Waals surface area contributed by atoms with Crippen molar-refractivity contribution >= 4 is 25.5 Å². The Kier molecular flexibility index (Phi) is 3.59. The van der Waals surface area contributed by atoms with Gasteiger partial charge in [-0.2, -0.15) is 0 Å². The molecule has 1 aromatic rings. The van der Waals surface area contributed by atoms with Crippen molar-refractivity contribution in [3.63, 3.8) is 0 Å². The van der Waals surface area contributed by atoms with Crippen molar-refractivity contribution in [1.29, 1.82) is 0 Å². The molecule has 1 aliphatic heterocycles. The molecule has 0 aliphatic carbocycles. The van der Waals surface area contributed by atoms with Gasteiger partial charge in [0.05, 0.1) is 5.69 Å². The molecule has 0 saturated carbocycles. The van der Waals surface area contributed by atoms with E-state index in [-0.39, 0.29) is 12.6 Å². The smallest absolute Gasteiger partial charge is 0.249 e. The van der Waals surface area contributed by atoms with Crippen molar-refractivity contribution in [2.45, 2.75) is 12.5 Å². The third-order valence-corrected chi connectivity index (χ3v) is 6.76. The minimum absolute atomic E-state index is 0.106. The van der Waals surface area contributed by atoms with Gasteiger partial charge in [0, 0.05) is 18.8 Å². The van der Waals surface area contributed by atoms with Gasteiger partial charge in [-0.05, 0) is 18.1 Å². The molecule has 0 radical (unpaired) electrons. The number of benzene rings is 1. The summed E-state index contributed by atoms with van der Waals surface area (Å²) in [5.74, 6) is 0. The van der Waals surface area contributed by atoms with Crippen molar-refractivity contribution in [3.8, 4) is 0 Å². The fourth-order valence-electron chi connectivity index (χ4n) is 2.18. The lowest BCUT2D eigenvalue weighted by atomic mass is 10.0. The van der Waals surface area contributed by atoms with E-state index < -0.39 is 24.9 Å². The van der Waals surface area contributed by atoms with E-state index in [1.54, 1.807) is 24.3 Å². The van der Waals surface area contributed by atoms with E-state index in [1.165, 1.54) is 0 Å². The zero-order valence-electron chi connectivity index (χ0n) is 10.5. The number of nitrogens with two attached hydrogens (primary N) is 1. The van der Waals surface area contributed by atoms with Crippen LogP contribution in [0.25, 0.3) is 0 Å². The largest absolute Gasteiger partial charge is 0.326 e. The van der Waals surface area contributed by atoms with Crippen molar-refractivity contribution < 1.29 is 16.8 Å². The molecule has 2 N–H and O–H groups in total. The Morgan fingerprint density at radius 1 is 1.26 bits per heavy atom. The molecule has 0 fully saturated rings. The summed E-state index contributed by atoms with van der Waals surface area (Å²) < 4.78 is 48.0. The maximum absolute atomic E-state index is 12.2. The van der Waals surface area contributed by atoms with Crippen molar-refractivity contribution in [1.82, 2.24) is 0 Å². The molecule has 0 bridgehead atoms. The zero-order chi connectivity index (χ0) is 14.3. The molecule has 0 spiro atoms. The number of fused-ring (bicyclic) bond motifs is 1. The zero-order valence-corrected chi connectivity index (χ0v) is 12.1. The standard InChI is InChI=1S/C11H16N2O4S2/c1-18(14,15)8-19(16,17)13-7-10(12)6-9-4-2-3-5-11(9)13/h2-5,10H,6-8,12H2,1H3. The quantitative estimate of drug-likeness (QED) is 0.827. The van der Waals surface area contributed by atoms with Crippen LogP contribution in [0.2, 0.25) is 0 Å². The summed E-state index contributed by atoms with van der Waals surface area (Å²) >= 11 is 0. The van der Waals surface area contributed by atoms with Crippen LogP contribution in [-0.4, -0.2) is 40.8 Å². The van der Waals surface area contributed by atoms with E-state index in [0.717, 1.165) is 16.1 Å². The molecule has 2 rings (SSSR count). The second kappa shape index (κ2) is 4.77. The average Bonchev–Trinajstić information content (AvgIpc) is 2.24. The predicted molar refractivity (Wildman–Crippen MR) is 74.1 cm³/mol. The van der Waals surface area contributed by atoms with Gasteiger partial charge in [0.25, 0.3) is 0 Å². The Morgan fingerprint density at radius 2 is 1.89 bits per heavy atom.